The van der Waals surface area contributed by atoms with Gasteiger partial charge in [0.25, 0.3) is 0 Å². The third kappa shape index (κ3) is 3.52. The Hall–Kier alpha value is -2.76. The third-order valence-electron chi connectivity index (χ3n) is 4.61. The lowest BCUT2D eigenvalue weighted by molar-refractivity contribution is -0.159. The minimum Gasteiger partial charge on any atom is -0.478 e. The number of carboxylic acids is 1. The van der Waals surface area contributed by atoms with Gasteiger partial charge >= 0.3 is 12.0 Å². The lowest BCUT2D eigenvalue weighted by Gasteiger charge is -2.38. The fourth-order valence-electron chi connectivity index (χ4n) is 3.15. The van der Waals surface area contributed by atoms with Crippen LogP contribution in [-0.2, 0) is 4.79 Å². The molecule has 6 nitrogen and oxygen atoms in total. The van der Waals surface area contributed by atoms with E-state index in [1.54, 1.807) is 11.0 Å². The van der Waals surface area contributed by atoms with Crippen molar-refractivity contribution in [3.8, 4) is 5.75 Å². The maximum absolute atomic E-state index is 11.9. The number of aliphatic carboxylic acids is 1. The number of carbonyl (C=O) groups is 2. The van der Waals surface area contributed by atoms with Crippen LogP contribution in [0.5, 0.6) is 5.75 Å². The predicted molar refractivity (Wildman–Crippen MR) is 94.8 cm³/mol. The van der Waals surface area contributed by atoms with E-state index in [4.69, 9.17) is 4.74 Å². The smallest absolute Gasteiger partial charge is 0.348 e. The fourth-order valence-corrected chi connectivity index (χ4v) is 3.15. The maximum atomic E-state index is 11.9. The van der Waals surface area contributed by atoms with Crippen LogP contribution in [0.4, 0.5) is 4.79 Å². The Labute approximate surface area is 146 Å². The van der Waals surface area contributed by atoms with Gasteiger partial charge in [-0.1, -0.05) is 30.3 Å². The number of ether oxygens (including phenoxy) is 1. The lowest BCUT2D eigenvalue weighted by Crippen LogP contribution is -2.55. The second kappa shape index (κ2) is 7.01. The van der Waals surface area contributed by atoms with Crippen molar-refractivity contribution in [2.45, 2.75) is 25.4 Å². The lowest BCUT2D eigenvalue weighted by atomic mass is 9.91. The number of nitrogens with one attached hydrogen (secondary N) is 1. The highest BCUT2D eigenvalue weighted by Gasteiger charge is 2.45. The number of benzene rings is 2. The summed E-state index contributed by atoms with van der Waals surface area (Å²) < 4.78 is 5.94. The molecule has 2 amide bonds. The first-order chi connectivity index (χ1) is 12.0. The first kappa shape index (κ1) is 17.1. The van der Waals surface area contributed by atoms with Crippen LogP contribution in [0.2, 0.25) is 0 Å². The van der Waals surface area contributed by atoms with E-state index in [0.717, 1.165) is 10.8 Å². The van der Waals surface area contributed by atoms with Crippen LogP contribution >= 0.6 is 0 Å². The van der Waals surface area contributed by atoms with Crippen molar-refractivity contribution in [2.24, 2.45) is 0 Å². The van der Waals surface area contributed by atoms with Gasteiger partial charge in [-0.2, -0.15) is 0 Å². The van der Waals surface area contributed by atoms with Crippen LogP contribution in [-0.4, -0.2) is 47.2 Å². The van der Waals surface area contributed by atoms with E-state index in [2.05, 4.69) is 5.32 Å². The number of carbonyl (C=O) groups excluding carboxylic acids is 1. The Morgan fingerprint density at radius 3 is 2.48 bits per heavy atom. The van der Waals surface area contributed by atoms with Crippen LogP contribution in [0.25, 0.3) is 10.8 Å². The Balaban J connectivity index is 1.77. The molecule has 1 saturated heterocycles. The number of likely N-dealkylation sites (tertiary alicyclic amines) is 1. The number of piperidine rings is 1. The summed E-state index contributed by atoms with van der Waals surface area (Å²) >= 11 is 0. The molecule has 0 aromatic heterocycles. The fraction of sp³-hybridized carbons (Fsp3) is 0.368. The number of nitrogens with zero attached hydrogens (tertiary/aromatic N) is 1. The van der Waals surface area contributed by atoms with E-state index < -0.39 is 11.6 Å². The van der Waals surface area contributed by atoms with Crippen molar-refractivity contribution >= 4 is 22.8 Å². The summed E-state index contributed by atoms with van der Waals surface area (Å²) in [5.41, 5.74) is -1.30. The van der Waals surface area contributed by atoms with Gasteiger partial charge in [-0.05, 0) is 29.8 Å². The molecule has 1 fully saturated rings. The highest BCUT2D eigenvalue weighted by atomic mass is 16.5. The monoisotopic (exact) mass is 342 g/mol. The molecule has 1 aliphatic rings. The predicted octanol–water partition coefficient (Wildman–Crippen LogP) is 2.87. The van der Waals surface area contributed by atoms with Gasteiger partial charge in [-0.15, -0.1) is 0 Å². The topological polar surface area (TPSA) is 78.9 Å². The van der Waals surface area contributed by atoms with Crippen LogP contribution < -0.4 is 10.1 Å². The number of hydrogen-bond acceptors (Lipinski definition) is 3. The molecule has 0 saturated carbocycles. The molecule has 0 bridgehead atoms. The summed E-state index contributed by atoms with van der Waals surface area (Å²) in [6, 6.07) is 13.3. The van der Waals surface area contributed by atoms with Crippen molar-refractivity contribution < 1.29 is 19.4 Å². The maximum Gasteiger partial charge on any atom is 0.348 e. The van der Waals surface area contributed by atoms with E-state index in [9.17, 15) is 14.7 Å². The first-order valence-electron chi connectivity index (χ1n) is 8.48. The van der Waals surface area contributed by atoms with Crippen molar-refractivity contribution in [1.82, 2.24) is 10.2 Å². The van der Waals surface area contributed by atoms with Crippen molar-refractivity contribution in [1.29, 1.82) is 0 Å². The summed E-state index contributed by atoms with van der Waals surface area (Å²) in [5, 5.41) is 14.6. The Morgan fingerprint density at radius 2 is 1.84 bits per heavy atom. The van der Waals surface area contributed by atoms with E-state index in [1.807, 2.05) is 43.3 Å². The molecule has 3 rings (SSSR count). The number of carboxylic acid groups (broad SMARTS) is 1. The molecule has 2 N–H and O–H groups in total. The highest BCUT2D eigenvalue weighted by Crippen LogP contribution is 2.31. The zero-order chi connectivity index (χ0) is 17.9. The first-order valence-corrected chi connectivity index (χ1v) is 8.48. The molecule has 2 aromatic carbocycles. The molecule has 0 radical (unpaired) electrons. The largest absolute Gasteiger partial charge is 0.478 e. The third-order valence-corrected chi connectivity index (χ3v) is 4.61. The van der Waals surface area contributed by atoms with E-state index in [1.165, 1.54) is 0 Å². The van der Waals surface area contributed by atoms with E-state index in [-0.39, 0.29) is 18.9 Å². The molecule has 1 heterocycles. The molecule has 2 aromatic rings. The van der Waals surface area contributed by atoms with Crippen molar-refractivity contribution in [3.05, 3.63) is 42.5 Å². The second-order valence-electron chi connectivity index (χ2n) is 6.23. The van der Waals surface area contributed by atoms with Gasteiger partial charge in [-0.25, -0.2) is 9.59 Å². The average Bonchev–Trinajstić information content (AvgIpc) is 2.62. The van der Waals surface area contributed by atoms with Gasteiger partial charge in [0.2, 0.25) is 5.60 Å². The normalized spacial score (nSPS) is 16.4. The molecule has 132 valence electrons. The van der Waals surface area contributed by atoms with Crippen molar-refractivity contribution in [2.75, 3.05) is 19.6 Å². The van der Waals surface area contributed by atoms with Crippen molar-refractivity contribution in [3.63, 3.8) is 0 Å². The number of urea groups is 1. The number of fused-ring (bicyclic) bond motifs is 1. The Morgan fingerprint density at radius 1 is 1.16 bits per heavy atom. The van der Waals surface area contributed by atoms with Gasteiger partial charge in [-0.3, -0.25) is 0 Å². The van der Waals surface area contributed by atoms with Crippen LogP contribution in [0.15, 0.2) is 42.5 Å². The standard InChI is InChI=1S/C19H22N2O4/c1-2-20-18(24)21-11-9-19(10-12-21,17(22)23)25-16-8-7-14-5-3-4-6-15(14)13-16/h3-8,13H,2,9-12H2,1H3,(H,20,24)(H,22,23). The molecular formula is C19H22N2O4. The molecule has 25 heavy (non-hydrogen) atoms. The Kier molecular flexibility index (Phi) is 4.79. The number of amides is 2. The molecule has 0 atom stereocenters. The molecular weight excluding hydrogens is 320 g/mol. The van der Waals surface area contributed by atoms with Crippen LogP contribution in [0.3, 0.4) is 0 Å². The second-order valence-corrected chi connectivity index (χ2v) is 6.23. The van der Waals surface area contributed by atoms with Crippen LogP contribution in [0, 0.1) is 0 Å². The summed E-state index contributed by atoms with van der Waals surface area (Å²) in [6.07, 6.45) is 0.512. The minimum absolute atomic E-state index is 0.160. The molecule has 0 aliphatic carbocycles. The SMILES string of the molecule is CCNC(=O)N1CCC(Oc2ccc3ccccc3c2)(C(=O)O)CC1. The van der Waals surface area contributed by atoms with Gasteiger partial charge < -0.3 is 20.1 Å². The summed E-state index contributed by atoms with van der Waals surface area (Å²) in [4.78, 5) is 25.4. The molecule has 6 heteroatoms. The minimum atomic E-state index is -1.30. The van der Waals surface area contributed by atoms with Gasteiger partial charge in [0.05, 0.1) is 0 Å². The molecule has 0 spiro atoms. The average molecular weight is 342 g/mol. The Bertz CT molecular complexity index is 782. The quantitative estimate of drug-likeness (QED) is 0.895. The number of hydrogen-bond donors (Lipinski definition) is 2. The van der Waals surface area contributed by atoms with Crippen LogP contribution in [0.1, 0.15) is 19.8 Å². The number of rotatable bonds is 4. The summed E-state index contributed by atoms with van der Waals surface area (Å²) in [7, 11) is 0. The van der Waals surface area contributed by atoms with Gasteiger partial charge in [0.15, 0.2) is 0 Å². The summed E-state index contributed by atoms with van der Waals surface area (Å²) in [5.74, 6) is -0.455. The zero-order valence-corrected chi connectivity index (χ0v) is 14.2. The highest BCUT2D eigenvalue weighted by molar-refractivity contribution is 5.84. The zero-order valence-electron chi connectivity index (χ0n) is 14.2. The molecule has 0 unspecified atom stereocenters. The molecule has 1 aliphatic heterocycles. The van der Waals surface area contributed by atoms with E-state index in [0.29, 0.717) is 25.4 Å². The van der Waals surface area contributed by atoms with Gasteiger partial charge in [0, 0.05) is 32.5 Å². The summed E-state index contributed by atoms with van der Waals surface area (Å²) in [6.45, 7) is 3.11. The van der Waals surface area contributed by atoms with Gasteiger partial charge in [0.1, 0.15) is 5.75 Å². The van der Waals surface area contributed by atoms with E-state index >= 15 is 0 Å².